The number of aromatic nitrogens is 3. The minimum Gasteiger partial charge on any atom is -0.382 e. The Morgan fingerprint density at radius 3 is 2.24 bits per heavy atom. The Morgan fingerprint density at radius 1 is 0.793 bits per heavy atom. The molecule has 0 unspecified atom stereocenters. The molecule has 0 radical (unpaired) electrons. The van der Waals surface area contributed by atoms with Crippen molar-refractivity contribution in [2.45, 2.75) is 39.2 Å². The first-order valence-electron chi connectivity index (χ1n) is 9.85. The summed E-state index contributed by atoms with van der Waals surface area (Å²) in [5.74, 6) is 1.35. The summed E-state index contributed by atoms with van der Waals surface area (Å²) in [6, 6.07) is 15.9. The van der Waals surface area contributed by atoms with Crippen LogP contribution >= 0.6 is 0 Å². The summed E-state index contributed by atoms with van der Waals surface area (Å²) in [5, 5.41) is 10.2. The van der Waals surface area contributed by atoms with Gasteiger partial charge in [-0.05, 0) is 63.9 Å². The maximum atomic E-state index is 4.59. The van der Waals surface area contributed by atoms with Crippen molar-refractivity contribution in [3.8, 4) is 11.3 Å². The SMILES string of the molecule is CC(C)(C)NC1=C(Nc2ccnc(Nc3ccc(-c4ccccn4)cc3)n2)CC1. The van der Waals surface area contributed by atoms with Crippen LogP contribution in [-0.4, -0.2) is 20.5 Å². The summed E-state index contributed by atoms with van der Waals surface area (Å²) in [7, 11) is 0. The number of nitrogens with one attached hydrogen (secondary N) is 3. The zero-order valence-corrected chi connectivity index (χ0v) is 17.0. The maximum absolute atomic E-state index is 4.59. The highest BCUT2D eigenvalue weighted by Crippen LogP contribution is 2.28. The Hall–Kier alpha value is -3.41. The minimum absolute atomic E-state index is 0.0580. The zero-order valence-electron chi connectivity index (χ0n) is 17.0. The molecule has 0 fully saturated rings. The van der Waals surface area contributed by atoms with Gasteiger partial charge in [0.15, 0.2) is 0 Å². The molecule has 1 aliphatic carbocycles. The smallest absolute Gasteiger partial charge is 0.229 e. The van der Waals surface area contributed by atoms with Gasteiger partial charge in [-0.3, -0.25) is 4.98 Å². The van der Waals surface area contributed by atoms with Crippen LogP contribution < -0.4 is 16.0 Å². The van der Waals surface area contributed by atoms with Crippen molar-refractivity contribution in [1.82, 2.24) is 20.3 Å². The minimum atomic E-state index is 0.0580. The van der Waals surface area contributed by atoms with Gasteiger partial charge in [0.1, 0.15) is 5.82 Å². The Bertz CT molecular complexity index is 1000. The second-order valence-electron chi connectivity index (χ2n) is 8.14. The van der Waals surface area contributed by atoms with Gasteiger partial charge in [0.25, 0.3) is 0 Å². The van der Waals surface area contributed by atoms with Crippen LogP contribution in [0.25, 0.3) is 11.3 Å². The third kappa shape index (κ3) is 4.90. The van der Waals surface area contributed by atoms with E-state index in [1.165, 1.54) is 11.4 Å². The van der Waals surface area contributed by atoms with Crippen LogP contribution in [0.3, 0.4) is 0 Å². The van der Waals surface area contributed by atoms with Crippen LogP contribution in [0.15, 0.2) is 72.3 Å². The van der Waals surface area contributed by atoms with Crippen molar-refractivity contribution in [1.29, 1.82) is 0 Å². The second-order valence-corrected chi connectivity index (χ2v) is 8.14. The van der Waals surface area contributed by atoms with E-state index >= 15 is 0 Å². The maximum Gasteiger partial charge on any atom is 0.229 e. The van der Waals surface area contributed by atoms with E-state index < -0.39 is 0 Å². The normalized spacial score (nSPS) is 13.6. The molecule has 2 aromatic heterocycles. The summed E-state index contributed by atoms with van der Waals surface area (Å²) in [6.45, 7) is 6.51. The van der Waals surface area contributed by atoms with E-state index in [-0.39, 0.29) is 5.54 Å². The Balaban J connectivity index is 1.44. The van der Waals surface area contributed by atoms with Crippen molar-refractivity contribution < 1.29 is 0 Å². The molecule has 6 heteroatoms. The predicted octanol–water partition coefficient (Wildman–Crippen LogP) is 5.09. The molecule has 6 nitrogen and oxygen atoms in total. The Kier molecular flexibility index (Phi) is 5.16. The summed E-state index contributed by atoms with van der Waals surface area (Å²) < 4.78 is 0. The molecular weight excluding hydrogens is 360 g/mol. The fourth-order valence-corrected chi connectivity index (χ4v) is 3.13. The fourth-order valence-electron chi connectivity index (χ4n) is 3.13. The van der Waals surface area contributed by atoms with Crippen LogP contribution in [0.2, 0.25) is 0 Å². The highest BCUT2D eigenvalue weighted by molar-refractivity contribution is 5.64. The molecule has 0 saturated carbocycles. The fraction of sp³-hybridized carbons (Fsp3) is 0.261. The van der Waals surface area contributed by atoms with Crippen molar-refractivity contribution in [3.05, 3.63) is 72.3 Å². The Labute approximate surface area is 171 Å². The molecule has 0 bridgehead atoms. The first kappa shape index (κ1) is 18.9. The number of anilines is 3. The molecule has 29 heavy (non-hydrogen) atoms. The lowest BCUT2D eigenvalue weighted by atomic mass is 9.97. The van der Waals surface area contributed by atoms with E-state index in [4.69, 9.17) is 0 Å². The summed E-state index contributed by atoms with van der Waals surface area (Å²) >= 11 is 0. The average molecular weight is 387 g/mol. The van der Waals surface area contributed by atoms with Crippen molar-refractivity contribution in [3.63, 3.8) is 0 Å². The lowest BCUT2D eigenvalue weighted by Crippen LogP contribution is -2.38. The lowest BCUT2D eigenvalue weighted by molar-refractivity contribution is 0.446. The van der Waals surface area contributed by atoms with Gasteiger partial charge in [0.2, 0.25) is 5.95 Å². The summed E-state index contributed by atoms with van der Waals surface area (Å²) in [5.41, 5.74) is 5.47. The lowest BCUT2D eigenvalue weighted by Gasteiger charge is -2.32. The van der Waals surface area contributed by atoms with Gasteiger partial charge in [0.05, 0.1) is 5.69 Å². The topological polar surface area (TPSA) is 74.8 Å². The Morgan fingerprint density at radius 2 is 1.59 bits per heavy atom. The third-order valence-electron chi connectivity index (χ3n) is 4.55. The van der Waals surface area contributed by atoms with E-state index in [1.54, 1.807) is 12.4 Å². The number of hydrogen-bond acceptors (Lipinski definition) is 6. The molecule has 0 saturated heterocycles. The molecule has 2 heterocycles. The highest BCUT2D eigenvalue weighted by Gasteiger charge is 2.22. The predicted molar refractivity (Wildman–Crippen MR) is 118 cm³/mol. The molecule has 0 amide bonds. The second kappa shape index (κ2) is 7.91. The molecule has 1 aliphatic rings. The van der Waals surface area contributed by atoms with Gasteiger partial charge >= 0.3 is 0 Å². The van der Waals surface area contributed by atoms with Gasteiger partial charge in [-0.25, -0.2) is 4.98 Å². The van der Waals surface area contributed by atoms with E-state index in [0.717, 1.165) is 35.6 Å². The monoisotopic (exact) mass is 386 g/mol. The molecule has 0 atom stereocenters. The molecule has 4 rings (SSSR count). The average Bonchev–Trinajstić information content (AvgIpc) is 2.71. The summed E-state index contributed by atoms with van der Waals surface area (Å²) in [6.07, 6.45) is 5.66. The first-order valence-corrected chi connectivity index (χ1v) is 9.85. The number of allylic oxidation sites excluding steroid dienone is 2. The van der Waals surface area contributed by atoms with Crippen molar-refractivity contribution in [2.75, 3.05) is 10.6 Å². The largest absolute Gasteiger partial charge is 0.382 e. The zero-order chi connectivity index (χ0) is 20.3. The number of rotatable bonds is 6. The molecule has 3 aromatic rings. The van der Waals surface area contributed by atoms with Crippen LogP contribution in [0, 0.1) is 0 Å². The van der Waals surface area contributed by atoms with Gasteiger partial charge in [-0.15, -0.1) is 0 Å². The molecule has 0 aliphatic heterocycles. The number of hydrogen-bond donors (Lipinski definition) is 3. The number of nitrogens with zero attached hydrogens (tertiary/aromatic N) is 3. The van der Waals surface area contributed by atoms with Crippen molar-refractivity contribution in [2.24, 2.45) is 0 Å². The van der Waals surface area contributed by atoms with Gasteiger partial charge < -0.3 is 16.0 Å². The van der Waals surface area contributed by atoms with Gasteiger partial charge in [-0.2, -0.15) is 4.98 Å². The van der Waals surface area contributed by atoms with E-state index in [2.05, 4.69) is 51.7 Å². The van der Waals surface area contributed by atoms with Gasteiger partial charge in [0, 0.05) is 40.6 Å². The van der Waals surface area contributed by atoms with Crippen LogP contribution in [0.4, 0.5) is 17.5 Å². The van der Waals surface area contributed by atoms with Crippen LogP contribution in [-0.2, 0) is 0 Å². The standard InChI is InChI=1S/C23H26N6/c1-23(2,3)29-20-12-11-19(20)27-21-13-15-25-22(28-21)26-17-9-7-16(8-10-17)18-6-4-5-14-24-18/h4-10,13-15,29H,11-12H2,1-3H3,(H2,25,26,27,28). The number of pyridine rings is 1. The van der Waals surface area contributed by atoms with Crippen LogP contribution in [0.5, 0.6) is 0 Å². The van der Waals surface area contributed by atoms with Crippen molar-refractivity contribution >= 4 is 17.5 Å². The quantitative estimate of drug-likeness (QED) is 0.548. The molecular formula is C23H26N6. The highest BCUT2D eigenvalue weighted by atomic mass is 15.1. The van der Waals surface area contributed by atoms with E-state index in [0.29, 0.717) is 5.95 Å². The molecule has 1 aromatic carbocycles. The summed E-state index contributed by atoms with van der Waals surface area (Å²) in [4.78, 5) is 13.3. The molecule has 0 spiro atoms. The van der Waals surface area contributed by atoms with E-state index in [9.17, 15) is 0 Å². The van der Waals surface area contributed by atoms with Crippen LogP contribution in [0.1, 0.15) is 33.6 Å². The molecule has 148 valence electrons. The third-order valence-corrected chi connectivity index (χ3v) is 4.55. The van der Waals surface area contributed by atoms with E-state index in [1.807, 2.05) is 48.5 Å². The molecule has 3 N–H and O–H groups in total. The van der Waals surface area contributed by atoms with Gasteiger partial charge in [-0.1, -0.05) is 18.2 Å². The number of benzene rings is 1. The first-order chi connectivity index (χ1) is 14.0.